The standard InChI is InChI=1S/C13H18N2O2S2/c1-13(2,18-3)10-15-19(16,17)9-12-7-5-4-6-11(12)8-14/h4-7,15H,9-10H2,1-3H3. The van der Waals surface area contributed by atoms with Gasteiger partial charge in [0, 0.05) is 11.3 Å². The van der Waals surface area contributed by atoms with Gasteiger partial charge >= 0.3 is 0 Å². The van der Waals surface area contributed by atoms with Crippen LogP contribution in [0.3, 0.4) is 0 Å². The lowest BCUT2D eigenvalue weighted by Gasteiger charge is -2.22. The molecule has 0 bridgehead atoms. The zero-order valence-corrected chi connectivity index (χ0v) is 12.9. The highest BCUT2D eigenvalue weighted by atomic mass is 32.2. The van der Waals surface area contributed by atoms with E-state index in [2.05, 4.69) is 4.72 Å². The van der Waals surface area contributed by atoms with Crippen molar-refractivity contribution in [3.63, 3.8) is 0 Å². The summed E-state index contributed by atoms with van der Waals surface area (Å²) < 4.78 is 26.4. The SMILES string of the molecule is CSC(C)(C)CNS(=O)(=O)Cc1ccccc1C#N. The molecule has 104 valence electrons. The zero-order chi connectivity index (χ0) is 14.5. The number of thioether (sulfide) groups is 1. The quantitative estimate of drug-likeness (QED) is 0.873. The molecule has 19 heavy (non-hydrogen) atoms. The Hall–Kier alpha value is -1.03. The summed E-state index contributed by atoms with van der Waals surface area (Å²) in [7, 11) is -3.42. The Morgan fingerprint density at radius 3 is 2.58 bits per heavy atom. The third kappa shape index (κ3) is 5.23. The van der Waals surface area contributed by atoms with Gasteiger partial charge in [-0.25, -0.2) is 13.1 Å². The Balaban J connectivity index is 2.78. The van der Waals surface area contributed by atoms with Crippen LogP contribution in [0.2, 0.25) is 0 Å². The van der Waals surface area contributed by atoms with Crippen LogP contribution in [0.4, 0.5) is 0 Å². The van der Waals surface area contributed by atoms with Gasteiger partial charge in [0.15, 0.2) is 0 Å². The van der Waals surface area contributed by atoms with Crippen LogP contribution in [-0.4, -0.2) is 26.0 Å². The van der Waals surface area contributed by atoms with Crippen LogP contribution in [-0.2, 0) is 15.8 Å². The maximum absolute atomic E-state index is 12.0. The number of benzene rings is 1. The number of nitrogens with zero attached hydrogens (tertiary/aromatic N) is 1. The first-order chi connectivity index (χ1) is 8.79. The Bertz CT molecular complexity index is 575. The van der Waals surface area contributed by atoms with E-state index < -0.39 is 10.0 Å². The van der Waals surface area contributed by atoms with Crippen molar-refractivity contribution in [2.45, 2.75) is 24.3 Å². The van der Waals surface area contributed by atoms with Crippen molar-refractivity contribution in [1.29, 1.82) is 5.26 Å². The van der Waals surface area contributed by atoms with Crippen molar-refractivity contribution in [3.05, 3.63) is 35.4 Å². The van der Waals surface area contributed by atoms with Gasteiger partial charge in [0.25, 0.3) is 0 Å². The average Bonchev–Trinajstić information content (AvgIpc) is 2.37. The van der Waals surface area contributed by atoms with Crippen LogP contribution in [0.5, 0.6) is 0 Å². The van der Waals surface area contributed by atoms with Crippen LogP contribution in [0, 0.1) is 11.3 Å². The maximum atomic E-state index is 12.0. The van der Waals surface area contributed by atoms with Crippen LogP contribution in [0.15, 0.2) is 24.3 Å². The molecule has 0 fully saturated rings. The summed E-state index contributed by atoms with van der Waals surface area (Å²) in [5, 5.41) is 8.94. The lowest BCUT2D eigenvalue weighted by molar-refractivity contribution is 0.570. The summed E-state index contributed by atoms with van der Waals surface area (Å²) in [6, 6.07) is 8.75. The van der Waals surface area contributed by atoms with E-state index in [1.165, 1.54) is 0 Å². The molecular formula is C13H18N2O2S2. The molecule has 0 aromatic heterocycles. The Kier molecular flexibility index (Phi) is 5.41. The first-order valence-corrected chi connectivity index (χ1v) is 8.68. The molecule has 6 heteroatoms. The molecule has 1 N–H and O–H groups in total. The number of sulfonamides is 1. The van der Waals surface area contributed by atoms with E-state index in [0.29, 0.717) is 17.7 Å². The van der Waals surface area contributed by atoms with Crippen molar-refractivity contribution in [2.24, 2.45) is 0 Å². The first kappa shape index (κ1) is 16.0. The molecule has 0 heterocycles. The van der Waals surface area contributed by atoms with E-state index in [-0.39, 0.29) is 10.5 Å². The van der Waals surface area contributed by atoms with Crippen molar-refractivity contribution >= 4 is 21.8 Å². The Morgan fingerprint density at radius 1 is 1.37 bits per heavy atom. The molecule has 4 nitrogen and oxygen atoms in total. The molecule has 0 aliphatic heterocycles. The normalized spacial score (nSPS) is 12.1. The Labute approximate surface area is 119 Å². The predicted molar refractivity (Wildman–Crippen MR) is 79.4 cm³/mol. The number of hydrogen-bond acceptors (Lipinski definition) is 4. The zero-order valence-electron chi connectivity index (χ0n) is 11.3. The topological polar surface area (TPSA) is 70.0 Å². The van der Waals surface area contributed by atoms with E-state index in [1.54, 1.807) is 36.0 Å². The molecule has 0 aliphatic rings. The van der Waals surface area contributed by atoms with Gasteiger partial charge in [0.2, 0.25) is 10.0 Å². The summed E-state index contributed by atoms with van der Waals surface area (Å²) in [6.07, 6.45) is 1.94. The van der Waals surface area contributed by atoms with Crippen molar-refractivity contribution in [1.82, 2.24) is 4.72 Å². The second kappa shape index (κ2) is 6.42. The summed E-state index contributed by atoms with van der Waals surface area (Å²) >= 11 is 1.60. The minimum absolute atomic E-state index is 0.151. The van der Waals surface area contributed by atoms with Crippen molar-refractivity contribution in [2.75, 3.05) is 12.8 Å². The fourth-order valence-electron chi connectivity index (χ4n) is 1.37. The van der Waals surface area contributed by atoms with E-state index >= 15 is 0 Å². The fourth-order valence-corrected chi connectivity index (χ4v) is 3.02. The molecule has 1 rings (SSSR count). The molecule has 0 radical (unpaired) electrons. The second-order valence-corrected chi connectivity index (χ2v) is 8.13. The molecule has 1 aromatic carbocycles. The third-order valence-electron chi connectivity index (χ3n) is 2.75. The largest absolute Gasteiger partial charge is 0.215 e. The van der Waals surface area contributed by atoms with E-state index in [4.69, 9.17) is 5.26 Å². The van der Waals surface area contributed by atoms with E-state index in [0.717, 1.165) is 0 Å². The highest BCUT2D eigenvalue weighted by molar-refractivity contribution is 8.00. The van der Waals surface area contributed by atoms with Crippen LogP contribution in [0.25, 0.3) is 0 Å². The van der Waals surface area contributed by atoms with E-state index in [9.17, 15) is 8.42 Å². The lowest BCUT2D eigenvalue weighted by Crippen LogP contribution is -2.36. The van der Waals surface area contributed by atoms with Gasteiger partial charge in [0.1, 0.15) is 0 Å². The Morgan fingerprint density at radius 2 is 2.00 bits per heavy atom. The molecule has 0 spiro atoms. The van der Waals surface area contributed by atoms with Crippen LogP contribution >= 0.6 is 11.8 Å². The minimum atomic E-state index is -3.42. The monoisotopic (exact) mass is 298 g/mol. The summed E-state index contributed by atoms with van der Waals surface area (Å²) in [6.45, 7) is 4.32. The predicted octanol–water partition coefficient (Wildman–Crippen LogP) is 2.12. The summed E-state index contributed by atoms with van der Waals surface area (Å²) in [5.74, 6) is -0.165. The van der Waals surface area contributed by atoms with Gasteiger partial charge in [-0.3, -0.25) is 0 Å². The molecular weight excluding hydrogens is 280 g/mol. The molecule has 0 saturated heterocycles. The molecule has 0 saturated carbocycles. The molecule has 0 aliphatic carbocycles. The number of nitriles is 1. The molecule has 0 amide bonds. The molecule has 0 atom stereocenters. The summed E-state index contributed by atoms with van der Waals surface area (Å²) in [4.78, 5) is 0. The second-order valence-electron chi connectivity index (χ2n) is 4.81. The minimum Gasteiger partial charge on any atom is -0.214 e. The molecule has 0 unspecified atom stereocenters. The van der Waals surface area contributed by atoms with Crippen molar-refractivity contribution < 1.29 is 8.42 Å². The van der Waals surface area contributed by atoms with Gasteiger partial charge in [-0.15, -0.1) is 0 Å². The maximum Gasteiger partial charge on any atom is 0.215 e. The molecule has 1 aromatic rings. The smallest absolute Gasteiger partial charge is 0.214 e. The van der Waals surface area contributed by atoms with Gasteiger partial charge in [-0.05, 0) is 31.7 Å². The third-order valence-corrected chi connectivity index (χ3v) is 5.28. The number of rotatable bonds is 6. The lowest BCUT2D eigenvalue weighted by atomic mass is 10.1. The highest BCUT2D eigenvalue weighted by Crippen LogP contribution is 2.20. The van der Waals surface area contributed by atoms with Crippen LogP contribution in [0.1, 0.15) is 25.0 Å². The number of hydrogen-bond donors (Lipinski definition) is 1. The van der Waals surface area contributed by atoms with Gasteiger partial charge < -0.3 is 0 Å². The number of nitrogens with one attached hydrogen (secondary N) is 1. The van der Waals surface area contributed by atoms with E-state index in [1.807, 2.05) is 26.2 Å². The van der Waals surface area contributed by atoms with Crippen LogP contribution < -0.4 is 4.72 Å². The first-order valence-electron chi connectivity index (χ1n) is 5.80. The highest BCUT2D eigenvalue weighted by Gasteiger charge is 2.20. The van der Waals surface area contributed by atoms with Gasteiger partial charge in [-0.2, -0.15) is 17.0 Å². The van der Waals surface area contributed by atoms with Gasteiger partial charge in [-0.1, -0.05) is 18.2 Å². The fraction of sp³-hybridized carbons (Fsp3) is 0.462. The van der Waals surface area contributed by atoms with Gasteiger partial charge in [0.05, 0.1) is 17.4 Å². The summed E-state index contributed by atoms with van der Waals surface area (Å²) in [5.41, 5.74) is 0.927. The van der Waals surface area contributed by atoms with Crippen molar-refractivity contribution in [3.8, 4) is 6.07 Å². The average molecular weight is 298 g/mol.